The van der Waals surface area contributed by atoms with E-state index >= 15 is 0 Å². The molecule has 0 bridgehead atoms. The van der Waals surface area contributed by atoms with E-state index in [9.17, 15) is 4.39 Å². The molecule has 2 aromatic carbocycles. The van der Waals surface area contributed by atoms with Gasteiger partial charge in [0.25, 0.3) is 0 Å². The van der Waals surface area contributed by atoms with E-state index in [2.05, 4.69) is 31.3 Å². The van der Waals surface area contributed by atoms with E-state index in [1.54, 1.807) is 0 Å². The smallest absolute Gasteiger partial charge is 0.123 e. The van der Waals surface area contributed by atoms with Gasteiger partial charge in [-0.15, -0.1) is 0 Å². The molecule has 0 saturated carbocycles. The summed E-state index contributed by atoms with van der Waals surface area (Å²) < 4.78 is 12.9. The van der Waals surface area contributed by atoms with Gasteiger partial charge >= 0.3 is 0 Å². The third-order valence-electron chi connectivity index (χ3n) is 3.62. The summed E-state index contributed by atoms with van der Waals surface area (Å²) in [4.78, 5) is 0. The van der Waals surface area contributed by atoms with Crippen molar-refractivity contribution in [1.82, 2.24) is 5.32 Å². The van der Waals surface area contributed by atoms with Crippen LogP contribution in [0.3, 0.4) is 0 Å². The Labute approximate surface area is 131 Å². The van der Waals surface area contributed by atoms with Gasteiger partial charge in [0.1, 0.15) is 5.82 Å². The highest BCUT2D eigenvalue weighted by molar-refractivity contribution is 6.30. The summed E-state index contributed by atoms with van der Waals surface area (Å²) in [6, 6.07) is 15.3. The molecule has 2 unspecified atom stereocenters. The molecule has 0 spiro atoms. The topological polar surface area (TPSA) is 12.0 Å². The lowest BCUT2D eigenvalue weighted by atomic mass is 10.0. The first-order valence-electron chi connectivity index (χ1n) is 7.34. The summed E-state index contributed by atoms with van der Waals surface area (Å²) >= 11 is 5.93. The Morgan fingerprint density at radius 3 is 2.24 bits per heavy atom. The molecular weight excluding hydrogens is 285 g/mol. The molecule has 0 aliphatic carbocycles. The van der Waals surface area contributed by atoms with Crippen LogP contribution in [0, 0.1) is 5.82 Å². The molecule has 0 aromatic heterocycles. The van der Waals surface area contributed by atoms with Crippen LogP contribution in [0.2, 0.25) is 5.02 Å². The van der Waals surface area contributed by atoms with Gasteiger partial charge in [0.2, 0.25) is 0 Å². The molecule has 0 aliphatic heterocycles. The van der Waals surface area contributed by atoms with Crippen LogP contribution in [-0.2, 0) is 6.42 Å². The number of benzene rings is 2. The van der Waals surface area contributed by atoms with Gasteiger partial charge in [0, 0.05) is 17.1 Å². The first-order chi connectivity index (χ1) is 10.1. The summed E-state index contributed by atoms with van der Waals surface area (Å²) in [7, 11) is 0. The number of rotatable bonds is 6. The first kappa shape index (κ1) is 16.0. The lowest BCUT2D eigenvalue weighted by Crippen LogP contribution is -2.31. The molecule has 0 amide bonds. The van der Waals surface area contributed by atoms with Crippen LogP contribution < -0.4 is 5.32 Å². The zero-order valence-electron chi connectivity index (χ0n) is 12.4. The Kier molecular flexibility index (Phi) is 5.77. The Balaban J connectivity index is 1.97. The van der Waals surface area contributed by atoms with Crippen molar-refractivity contribution < 1.29 is 4.39 Å². The molecule has 2 aromatic rings. The van der Waals surface area contributed by atoms with Crippen LogP contribution in [-0.4, -0.2) is 6.04 Å². The molecule has 1 N–H and O–H groups in total. The van der Waals surface area contributed by atoms with E-state index in [1.807, 2.05) is 24.3 Å². The summed E-state index contributed by atoms with van der Waals surface area (Å²) in [6.07, 6.45) is 1.89. The molecule has 0 radical (unpaired) electrons. The quantitative estimate of drug-likeness (QED) is 0.778. The molecule has 0 aliphatic rings. The van der Waals surface area contributed by atoms with Crippen LogP contribution in [0.15, 0.2) is 48.5 Å². The monoisotopic (exact) mass is 305 g/mol. The van der Waals surface area contributed by atoms with Gasteiger partial charge < -0.3 is 5.32 Å². The van der Waals surface area contributed by atoms with Crippen LogP contribution in [0.25, 0.3) is 0 Å². The average molecular weight is 306 g/mol. The Hall–Kier alpha value is -1.38. The molecule has 3 heteroatoms. The fourth-order valence-corrected chi connectivity index (χ4v) is 2.65. The second-order valence-electron chi connectivity index (χ2n) is 5.41. The van der Waals surface area contributed by atoms with Crippen LogP contribution in [0.4, 0.5) is 4.39 Å². The van der Waals surface area contributed by atoms with E-state index in [4.69, 9.17) is 11.6 Å². The van der Waals surface area contributed by atoms with Gasteiger partial charge in [0.05, 0.1) is 0 Å². The van der Waals surface area contributed by atoms with E-state index in [-0.39, 0.29) is 5.82 Å². The summed E-state index contributed by atoms with van der Waals surface area (Å²) in [6.45, 7) is 4.32. The first-order valence-corrected chi connectivity index (χ1v) is 7.72. The van der Waals surface area contributed by atoms with E-state index in [0.717, 1.165) is 23.4 Å². The Morgan fingerprint density at radius 2 is 1.67 bits per heavy atom. The second-order valence-corrected chi connectivity index (χ2v) is 5.85. The van der Waals surface area contributed by atoms with E-state index < -0.39 is 0 Å². The van der Waals surface area contributed by atoms with Gasteiger partial charge in [-0.2, -0.15) is 0 Å². The van der Waals surface area contributed by atoms with E-state index in [0.29, 0.717) is 12.1 Å². The predicted molar refractivity (Wildman–Crippen MR) is 87.2 cm³/mol. The van der Waals surface area contributed by atoms with Crippen LogP contribution >= 0.6 is 11.6 Å². The van der Waals surface area contributed by atoms with Crippen molar-refractivity contribution in [1.29, 1.82) is 0 Å². The van der Waals surface area contributed by atoms with Crippen molar-refractivity contribution in [3.63, 3.8) is 0 Å². The predicted octanol–water partition coefficient (Wildman–Crippen LogP) is 5.15. The lowest BCUT2D eigenvalue weighted by molar-refractivity contribution is 0.443. The average Bonchev–Trinajstić information content (AvgIpc) is 2.48. The lowest BCUT2D eigenvalue weighted by Gasteiger charge is -2.23. The second kappa shape index (κ2) is 7.58. The fourth-order valence-electron chi connectivity index (χ4n) is 2.52. The largest absolute Gasteiger partial charge is 0.307 e. The third kappa shape index (κ3) is 4.83. The fraction of sp³-hybridized carbons (Fsp3) is 0.333. The van der Waals surface area contributed by atoms with Crippen molar-refractivity contribution in [2.24, 2.45) is 0 Å². The zero-order chi connectivity index (χ0) is 15.2. The van der Waals surface area contributed by atoms with Gasteiger partial charge in [-0.05, 0) is 55.2 Å². The Morgan fingerprint density at radius 1 is 1.05 bits per heavy atom. The van der Waals surface area contributed by atoms with E-state index in [1.165, 1.54) is 17.7 Å². The van der Waals surface area contributed by atoms with Crippen LogP contribution in [0.1, 0.15) is 37.4 Å². The van der Waals surface area contributed by atoms with Crippen molar-refractivity contribution in [3.8, 4) is 0 Å². The minimum atomic E-state index is -0.188. The number of hydrogen-bond donors (Lipinski definition) is 1. The molecule has 2 atom stereocenters. The van der Waals surface area contributed by atoms with Gasteiger partial charge in [-0.1, -0.05) is 42.8 Å². The molecule has 0 heterocycles. The molecule has 0 saturated heterocycles. The van der Waals surface area contributed by atoms with Crippen molar-refractivity contribution in [2.75, 3.05) is 0 Å². The molecule has 21 heavy (non-hydrogen) atoms. The van der Waals surface area contributed by atoms with Gasteiger partial charge in [-0.3, -0.25) is 0 Å². The number of nitrogens with one attached hydrogen (secondary N) is 1. The van der Waals surface area contributed by atoms with Gasteiger partial charge in [0.15, 0.2) is 0 Å². The highest BCUT2D eigenvalue weighted by atomic mass is 35.5. The molecule has 1 nitrogen and oxygen atoms in total. The minimum Gasteiger partial charge on any atom is -0.307 e. The summed E-state index contributed by atoms with van der Waals surface area (Å²) in [5.74, 6) is -0.188. The highest BCUT2D eigenvalue weighted by Gasteiger charge is 2.13. The van der Waals surface area contributed by atoms with Gasteiger partial charge in [-0.25, -0.2) is 4.39 Å². The number of halogens is 2. The highest BCUT2D eigenvalue weighted by Crippen LogP contribution is 2.20. The molecular formula is C18H21ClFN. The van der Waals surface area contributed by atoms with Crippen molar-refractivity contribution in [2.45, 2.75) is 38.8 Å². The zero-order valence-corrected chi connectivity index (χ0v) is 13.2. The summed E-state index contributed by atoms with van der Waals surface area (Å²) in [5, 5.41) is 4.39. The number of hydrogen-bond acceptors (Lipinski definition) is 1. The molecule has 112 valence electrons. The van der Waals surface area contributed by atoms with Crippen molar-refractivity contribution in [3.05, 3.63) is 70.5 Å². The maximum absolute atomic E-state index is 12.9. The standard InChI is InChI=1S/C18H21ClFN/c1-3-18(15-6-8-16(19)9-7-15)21-13(2)12-14-4-10-17(20)11-5-14/h4-11,13,18,21H,3,12H2,1-2H3. The summed E-state index contributed by atoms with van der Waals surface area (Å²) in [5.41, 5.74) is 2.38. The van der Waals surface area contributed by atoms with Crippen LogP contribution in [0.5, 0.6) is 0 Å². The third-order valence-corrected chi connectivity index (χ3v) is 3.87. The van der Waals surface area contributed by atoms with Crippen molar-refractivity contribution >= 4 is 11.6 Å². The normalized spacial score (nSPS) is 13.9. The molecule has 0 fully saturated rings. The Bertz CT molecular complexity index is 550. The maximum atomic E-state index is 12.9. The minimum absolute atomic E-state index is 0.188. The SMILES string of the molecule is CCC(NC(C)Cc1ccc(F)cc1)c1ccc(Cl)cc1. The maximum Gasteiger partial charge on any atom is 0.123 e. The molecule has 2 rings (SSSR count).